The molecule has 1 aliphatic heterocycles. The Morgan fingerprint density at radius 1 is 1.43 bits per heavy atom. The van der Waals surface area contributed by atoms with Crippen molar-refractivity contribution in [3.63, 3.8) is 0 Å². The van der Waals surface area contributed by atoms with E-state index >= 15 is 0 Å². The Labute approximate surface area is 121 Å². The predicted molar refractivity (Wildman–Crippen MR) is 73.4 cm³/mol. The third-order valence-electron chi connectivity index (χ3n) is 3.82. The lowest BCUT2D eigenvalue weighted by Crippen LogP contribution is -2.38. The molecule has 21 heavy (non-hydrogen) atoms. The standard InChI is InChI=1S/C15H18F3NO2/c1-9(2)19-10(6-7-14(20)21)8-11-12(15(16,17)18)4-3-5-13(11)19/h3-5,9-10H,6-8H2,1-2H3,(H,20,21). The van der Waals surface area contributed by atoms with Crippen molar-refractivity contribution in [2.45, 2.75) is 51.4 Å². The number of alkyl halides is 3. The highest BCUT2D eigenvalue weighted by Gasteiger charge is 2.40. The van der Waals surface area contributed by atoms with Gasteiger partial charge in [0.05, 0.1) is 5.56 Å². The predicted octanol–water partition coefficient (Wildman–Crippen LogP) is 3.71. The van der Waals surface area contributed by atoms with Crippen LogP contribution in [0.15, 0.2) is 18.2 Å². The topological polar surface area (TPSA) is 40.5 Å². The number of carboxylic acids is 1. The van der Waals surface area contributed by atoms with E-state index in [9.17, 15) is 18.0 Å². The first-order chi connectivity index (χ1) is 9.71. The van der Waals surface area contributed by atoms with Gasteiger partial charge in [-0.25, -0.2) is 0 Å². The Bertz CT molecular complexity index is 540. The molecule has 1 N–H and O–H groups in total. The fourth-order valence-corrected chi connectivity index (χ4v) is 3.06. The summed E-state index contributed by atoms with van der Waals surface area (Å²) < 4.78 is 39.3. The molecular formula is C15H18F3NO2. The number of benzene rings is 1. The number of nitrogens with zero attached hydrogens (tertiary/aromatic N) is 1. The number of carbonyl (C=O) groups is 1. The normalized spacial score (nSPS) is 18.2. The first kappa shape index (κ1) is 15.7. The molecule has 0 radical (unpaired) electrons. The van der Waals surface area contributed by atoms with Crippen LogP contribution in [-0.4, -0.2) is 23.2 Å². The van der Waals surface area contributed by atoms with Crippen LogP contribution < -0.4 is 4.90 Å². The summed E-state index contributed by atoms with van der Waals surface area (Å²) in [5.41, 5.74) is 0.257. The molecule has 1 atom stereocenters. The second kappa shape index (κ2) is 5.58. The van der Waals surface area contributed by atoms with Crippen molar-refractivity contribution in [2.24, 2.45) is 0 Å². The van der Waals surface area contributed by atoms with Crippen LogP contribution in [0.5, 0.6) is 0 Å². The van der Waals surface area contributed by atoms with E-state index in [0.717, 1.165) is 6.07 Å². The molecule has 1 unspecified atom stereocenters. The molecule has 3 nitrogen and oxygen atoms in total. The number of anilines is 1. The molecule has 2 rings (SSSR count). The van der Waals surface area contributed by atoms with Crippen LogP contribution in [0.4, 0.5) is 18.9 Å². The minimum Gasteiger partial charge on any atom is -0.481 e. The van der Waals surface area contributed by atoms with E-state index in [0.29, 0.717) is 12.1 Å². The van der Waals surface area contributed by atoms with Gasteiger partial charge in [-0.05, 0) is 44.4 Å². The quantitative estimate of drug-likeness (QED) is 0.921. The Balaban J connectivity index is 2.38. The SMILES string of the molecule is CC(C)N1c2cccc(C(F)(F)F)c2CC1CCC(=O)O. The largest absolute Gasteiger partial charge is 0.481 e. The second-order valence-electron chi connectivity index (χ2n) is 5.59. The summed E-state index contributed by atoms with van der Waals surface area (Å²) in [6, 6.07) is 4.02. The molecule has 1 heterocycles. The van der Waals surface area contributed by atoms with Gasteiger partial charge in [-0.1, -0.05) is 6.07 Å². The number of hydrogen-bond donors (Lipinski definition) is 1. The van der Waals surface area contributed by atoms with Crippen LogP contribution in [-0.2, 0) is 17.4 Å². The van der Waals surface area contributed by atoms with Crippen LogP contribution in [0.2, 0.25) is 0 Å². The molecule has 1 aromatic carbocycles. The van der Waals surface area contributed by atoms with Crippen molar-refractivity contribution in [1.29, 1.82) is 0 Å². The third-order valence-corrected chi connectivity index (χ3v) is 3.82. The van der Waals surface area contributed by atoms with Gasteiger partial charge in [-0.3, -0.25) is 4.79 Å². The lowest BCUT2D eigenvalue weighted by molar-refractivity contribution is -0.138. The fourth-order valence-electron chi connectivity index (χ4n) is 3.06. The maximum atomic E-state index is 13.1. The average molecular weight is 301 g/mol. The van der Waals surface area contributed by atoms with E-state index in [1.54, 1.807) is 6.07 Å². The van der Waals surface area contributed by atoms with E-state index in [1.807, 2.05) is 18.7 Å². The van der Waals surface area contributed by atoms with Crippen LogP contribution in [0.3, 0.4) is 0 Å². The molecule has 0 amide bonds. The van der Waals surface area contributed by atoms with Gasteiger partial charge in [0.25, 0.3) is 0 Å². The lowest BCUT2D eigenvalue weighted by atomic mass is 10.0. The zero-order valence-electron chi connectivity index (χ0n) is 11.9. The smallest absolute Gasteiger partial charge is 0.416 e. The molecule has 6 heteroatoms. The summed E-state index contributed by atoms with van der Waals surface area (Å²) in [6.45, 7) is 3.81. The number of rotatable bonds is 4. The molecule has 0 bridgehead atoms. The van der Waals surface area contributed by atoms with Crippen LogP contribution in [0, 0.1) is 0 Å². The van der Waals surface area contributed by atoms with Gasteiger partial charge >= 0.3 is 12.1 Å². The molecule has 116 valence electrons. The van der Waals surface area contributed by atoms with Crippen molar-refractivity contribution >= 4 is 11.7 Å². The first-order valence-electron chi connectivity index (χ1n) is 6.91. The van der Waals surface area contributed by atoms with Gasteiger partial charge < -0.3 is 10.0 Å². The van der Waals surface area contributed by atoms with Crippen molar-refractivity contribution < 1.29 is 23.1 Å². The summed E-state index contributed by atoms with van der Waals surface area (Å²) in [6.07, 6.45) is -3.82. The minimum absolute atomic E-state index is 0.0218. The van der Waals surface area contributed by atoms with E-state index in [2.05, 4.69) is 0 Å². The number of halogens is 3. The summed E-state index contributed by atoms with van der Waals surface area (Å²) in [5, 5.41) is 8.80. The summed E-state index contributed by atoms with van der Waals surface area (Å²) >= 11 is 0. The minimum atomic E-state index is -4.38. The van der Waals surface area contributed by atoms with E-state index in [-0.39, 0.29) is 30.5 Å². The maximum absolute atomic E-state index is 13.1. The van der Waals surface area contributed by atoms with Crippen molar-refractivity contribution in [3.05, 3.63) is 29.3 Å². The van der Waals surface area contributed by atoms with Gasteiger partial charge in [0, 0.05) is 24.2 Å². The van der Waals surface area contributed by atoms with Crippen LogP contribution >= 0.6 is 0 Å². The number of carboxylic acid groups (broad SMARTS) is 1. The lowest BCUT2D eigenvalue weighted by Gasteiger charge is -2.31. The summed E-state index contributed by atoms with van der Waals surface area (Å²) in [5.74, 6) is -0.925. The maximum Gasteiger partial charge on any atom is 0.416 e. The Hall–Kier alpha value is -1.72. The van der Waals surface area contributed by atoms with Gasteiger partial charge in [0.2, 0.25) is 0 Å². The number of hydrogen-bond acceptors (Lipinski definition) is 2. The van der Waals surface area contributed by atoms with Crippen molar-refractivity contribution in [2.75, 3.05) is 4.90 Å². The molecule has 0 fully saturated rings. The van der Waals surface area contributed by atoms with Gasteiger partial charge in [0.15, 0.2) is 0 Å². The zero-order valence-corrected chi connectivity index (χ0v) is 11.9. The monoisotopic (exact) mass is 301 g/mol. The number of aliphatic carboxylic acids is 1. The fraction of sp³-hybridized carbons (Fsp3) is 0.533. The Kier molecular flexibility index (Phi) is 4.16. The van der Waals surface area contributed by atoms with Crippen LogP contribution in [0.1, 0.15) is 37.8 Å². The highest BCUT2D eigenvalue weighted by Crippen LogP contribution is 2.43. The van der Waals surface area contributed by atoms with E-state index in [4.69, 9.17) is 5.11 Å². The third kappa shape index (κ3) is 3.14. The summed E-state index contributed by atoms with van der Waals surface area (Å²) in [4.78, 5) is 12.6. The van der Waals surface area contributed by atoms with Crippen LogP contribution in [0.25, 0.3) is 0 Å². The van der Waals surface area contributed by atoms with Gasteiger partial charge in [-0.2, -0.15) is 13.2 Å². The highest BCUT2D eigenvalue weighted by atomic mass is 19.4. The van der Waals surface area contributed by atoms with E-state index in [1.165, 1.54) is 6.07 Å². The Morgan fingerprint density at radius 3 is 2.62 bits per heavy atom. The van der Waals surface area contributed by atoms with Gasteiger partial charge in [0.1, 0.15) is 0 Å². The van der Waals surface area contributed by atoms with Crippen molar-refractivity contribution in [1.82, 2.24) is 0 Å². The molecule has 0 aliphatic carbocycles. The van der Waals surface area contributed by atoms with Gasteiger partial charge in [-0.15, -0.1) is 0 Å². The second-order valence-corrected chi connectivity index (χ2v) is 5.59. The molecule has 0 spiro atoms. The molecule has 1 aromatic rings. The molecule has 0 saturated heterocycles. The average Bonchev–Trinajstić information content (AvgIpc) is 2.72. The molecule has 0 saturated carbocycles. The zero-order chi connectivity index (χ0) is 15.8. The molecule has 1 aliphatic rings. The summed E-state index contributed by atoms with van der Waals surface area (Å²) in [7, 11) is 0. The Morgan fingerprint density at radius 2 is 2.10 bits per heavy atom. The molecule has 0 aromatic heterocycles. The van der Waals surface area contributed by atoms with Crippen molar-refractivity contribution in [3.8, 4) is 0 Å². The molecular weight excluding hydrogens is 283 g/mol. The van der Waals surface area contributed by atoms with E-state index < -0.39 is 17.7 Å². The number of fused-ring (bicyclic) bond motifs is 1. The highest BCUT2D eigenvalue weighted by molar-refractivity contribution is 5.68. The first-order valence-corrected chi connectivity index (χ1v) is 6.91.